The second-order valence-electron chi connectivity index (χ2n) is 4.16. The zero-order chi connectivity index (χ0) is 13.2. The van der Waals surface area contributed by atoms with Crippen LogP contribution in [0.3, 0.4) is 0 Å². The molecule has 3 aromatic rings. The lowest BCUT2D eigenvalue weighted by atomic mass is 10.2. The van der Waals surface area contributed by atoms with Crippen LogP contribution in [0.4, 0.5) is 11.4 Å². The average molecular weight is 268 g/mol. The van der Waals surface area contributed by atoms with Crippen molar-refractivity contribution in [2.24, 2.45) is 0 Å². The molecule has 0 aliphatic carbocycles. The molecule has 94 valence electrons. The Morgan fingerprint density at radius 3 is 1.37 bits per heavy atom. The number of nitrogen functional groups attached to an aromatic ring is 2. The Balaban J connectivity index is 1.95. The highest BCUT2D eigenvalue weighted by molar-refractivity contribution is 7.17. The molecule has 0 radical (unpaired) electrons. The lowest BCUT2D eigenvalue weighted by molar-refractivity contribution is 1.10. The number of aromatic nitrogens is 2. The van der Waals surface area contributed by atoms with Crippen LogP contribution in [0.15, 0.2) is 48.5 Å². The minimum atomic E-state index is 0.743. The Morgan fingerprint density at radius 1 is 0.632 bits per heavy atom. The van der Waals surface area contributed by atoms with Crippen molar-refractivity contribution in [3.05, 3.63) is 48.5 Å². The molecule has 5 heteroatoms. The van der Waals surface area contributed by atoms with Crippen molar-refractivity contribution in [3.63, 3.8) is 0 Å². The molecule has 1 aromatic heterocycles. The third kappa shape index (κ3) is 2.41. The summed E-state index contributed by atoms with van der Waals surface area (Å²) in [6, 6.07) is 15.2. The summed E-state index contributed by atoms with van der Waals surface area (Å²) in [7, 11) is 0. The smallest absolute Gasteiger partial charge is 0.148 e. The van der Waals surface area contributed by atoms with Gasteiger partial charge in [-0.3, -0.25) is 0 Å². The van der Waals surface area contributed by atoms with Crippen molar-refractivity contribution in [2.75, 3.05) is 11.5 Å². The third-order valence-electron chi connectivity index (χ3n) is 2.74. The molecule has 0 aliphatic rings. The quantitative estimate of drug-likeness (QED) is 0.700. The average Bonchev–Trinajstić information content (AvgIpc) is 2.90. The van der Waals surface area contributed by atoms with Gasteiger partial charge in [-0.05, 0) is 48.5 Å². The second-order valence-corrected chi connectivity index (χ2v) is 5.13. The van der Waals surface area contributed by atoms with Gasteiger partial charge in [-0.2, -0.15) is 0 Å². The zero-order valence-corrected chi connectivity index (χ0v) is 10.9. The highest BCUT2D eigenvalue weighted by Gasteiger charge is 2.08. The molecule has 0 saturated carbocycles. The number of hydrogen-bond donors (Lipinski definition) is 2. The van der Waals surface area contributed by atoms with E-state index in [1.165, 1.54) is 0 Å². The minimum Gasteiger partial charge on any atom is -0.399 e. The Kier molecular flexibility index (Phi) is 2.89. The fourth-order valence-corrected chi connectivity index (χ4v) is 2.56. The molecule has 3 rings (SSSR count). The fourth-order valence-electron chi connectivity index (χ4n) is 1.71. The van der Waals surface area contributed by atoms with Gasteiger partial charge >= 0.3 is 0 Å². The van der Waals surface area contributed by atoms with Crippen LogP contribution in [-0.4, -0.2) is 10.2 Å². The number of anilines is 2. The first-order valence-electron chi connectivity index (χ1n) is 5.78. The van der Waals surface area contributed by atoms with Gasteiger partial charge < -0.3 is 11.5 Å². The van der Waals surface area contributed by atoms with Crippen molar-refractivity contribution in [1.29, 1.82) is 0 Å². The molecule has 0 bridgehead atoms. The van der Waals surface area contributed by atoms with Crippen molar-refractivity contribution < 1.29 is 0 Å². The van der Waals surface area contributed by atoms with Gasteiger partial charge in [0, 0.05) is 22.5 Å². The van der Waals surface area contributed by atoms with E-state index in [1.807, 2.05) is 48.5 Å². The summed E-state index contributed by atoms with van der Waals surface area (Å²) in [5.41, 5.74) is 14.9. The Hall–Kier alpha value is -2.40. The van der Waals surface area contributed by atoms with E-state index in [9.17, 15) is 0 Å². The number of nitrogens with two attached hydrogens (primary N) is 2. The molecule has 0 spiro atoms. The minimum absolute atomic E-state index is 0.743. The molecule has 1 heterocycles. The van der Waals surface area contributed by atoms with Crippen molar-refractivity contribution in [1.82, 2.24) is 10.2 Å². The molecule has 4 N–H and O–H groups in total. The van der Waals surface area contributed by atoms with Gasteiger partial charge in [0.25, 0.3) is 0 Å². The largest absolute Gasteiger partial charge is 0.399 e. The van der Waals surface area contributed by atoms with E-state index in [0.29, 0.717) is 0 Å². The van der Waals surface area contributed by atoms with E-state index in [1.54, 1.807) is 11.3 Å². The highest BCUT2D eigenvalue weighted by atomic mass is 32.1. The molecular formula is C14H12N4S. The number of rotatable bonds is 2. The lowest BCUT2D eigenvalue weighted by Gasteiger charge is -1.96. The van der Waals surface area contributed by atoms with Gasteiger partial charge in [0.15, 0.2) is 0 Å². The van der Waals surface area contributed by atoms with Crippen LogP contribution in [-0.2, 0) is 0 Å². The third-order valence-corrected chi connectivity index (χ3v) is 3.76. The highest BCUT2D eigenvalue weighted by Crippen LogP contribution is 2.30. The van der Waals surface area contributed by atoms with E-state index >= 15 is 0 Å². The van der Waals surface area contributed by atoms with Crippen LogP contribution in [0, 0.1) is 0 Å². The van der Waals surface area contributed by atoms with Gasteiger partial charge in [0.2, 0.25) is 0 Å². The summed E-state index contributed by atoms with van der Waals surface area (Å²) in [6.45, 7) is 0. The first-order chi connectivity index (χ1) is 9.22. The molecule has 0 saturated heterocycles. The summed E-state index contributed by atoms with van der Waals surface area (Å²) in [4.78, 5) is 0. The number of hydrogen-bond acceptors (Lipinski definition) is 5. The van der Waals surface area contributed by atoms with Crippen molar-refractivity contribution >= 4 is 22.7 Å². The molecule has 0 fully saturated rings. The molecule has 4 nitrogen and oxygen atoms in total. The standard InChI is InChI=1S/C14H12N4S/c15-11-5-1-9(2-6-11)13-17-18-14(19-13)10-3-7-12(16)8-4-10/h1-8H,15-16H2. The maximum Gasteiger partial charge on any atom is 0.148 e. The van der Waals surface area contributed by atoms with Crippen molar-refractivity contribution in [2.45, 2.75) is 0 Å². The molecular weight excluding hydrogens is 256 g/mol. The number of benzene rings is 2. The van der Waals surface area contributed by atoms with E-state index < -0.39 is 0 Å². The monoisotopic (exact) mass is 268 g/mol. The summed E-state index contributed by atoms with van der Waals surface area (Å²) >= 11 is 1.55. The van der Waals surface area contributed by atoms with E-state index in [4.69, 9.17) is 11.5 Å². The van der Waals surface area contributed by atoms with Gasteiger partial charge in [0.1, 0.15) is 10.0 Å². The summed E-state index contributed by atoms with van der Waals surface area (Å²) in [6.07, 6.45) is 0. The Labute approximate surface area is 114 Å². The van der Waals surface area contributed by atoms with Crippen LogP contribution in [0.2, 0.25) is 0 Å². The fraction of sp³-hybridized carbons (Fsp3) is 0. The molecule has 0 amide bonds. The zero-order valence-electron chi connectivity index (χ0n) is 10.1. The SMILES string of the molecule is Nc1ccc(-c2nnc(-c3ccc(N)cc3)s2)cc1. The summed E-state index contributed by atoms with van der Waals surface area (Å²) in [5, 5.41) is 10.2. The first kappa shape index (κ1) is 11.7. The van der Waals surface area contributed by atoms with E-state index in [2.05, 4.69) is 10.2 Å². The molecule has 0 atom stereocenters. The Morgan fingerprint density at radius 2 is 1.00 bits per heavy atom. The topological polar surface area (TPSA) is 77.8 Å². The van der Waals surface area contributed by atoms with Crippen LogP contribution in [0.5, 0.6) is 0 Å². The normalized spacial score (nSPS) is 10.5. The summed E-state index contributed by atoms with van der Waals surface area (Å²) < 4.78 is 0. The lowest BCUT2D eigenvalue weighted by Crippen LogP contribution is -1.83. The van der Waals surface area contributed by atoms with Crippen LogP contribution < -0.4 is 11.5 Å². The van der Waals surface area contributed by atoms with Gasteiger partial charge in [-0.15, -0.1) is 10.2 Å². The predicted molar refractivity (Wildman–Crippen MR) is 79.6 cm³/mol. The molecule has 19 heavy (non-hydrogen) atoms. The van der Waals surface area contributed by atoms with E-state index in [0.717, 1.165) is 32.5 Å². The van der Waals surface area contributed by atoms with Gasteiger partial charge in [0.05, 0.1) is 0 Å². The number of nitrogens with zero attached hydrogens (tertiary/aromatic N) is 2. The van der Waals surface area contributed by atoms with Crippen LogP contribution in [0.25, 0.3) is 21.1 Å². The van der Waals surface area contributed by atoms with E-state index in [-0.39, 0.29) is 0 Å². The molecule has 0 unspecified atom stereocenters. The van der Waals surface area contributed by atoms with Crippen LogP contribution >= 0.6 is 11.3 Å². The van der Waals surface area contributed by atoms with Gasteiger partial charge in [-0.1, -0.05) is 11.3 Å². The maximum absolute atomic E-state index is 5.67. The van der Waals surface area contributed by atoms with Crippen molar-refractivity contribution in [3.8, 4) is 21.1 Å². The van der Waals surface area contributed by atoms with Gasteiger partial charge in [-0.25, -0.2) is 0 Å². The maximum atomic E-state index is 5.67. The summed E-state index contributed by atoms with van der Waals surface area (Å²) in [5.74, 6) is 0. The molecule has 0 aliphatic heterocycles. The molecule has 2 aromatic carbocycles. The first-order valence-corrected chi connectivity index (χ1v) is 6.59. The Bertz CT molecular complexity index is 626. The predicted octanol–water partition coefficient (Wildman–Crippen LogP) is 3.04. The second kappa shape index (κ2) is 4.70. The van der Waals surface area contributed by atoms with Crippen LogP contribution in [0.1, 0.15) is 0 Å².